The van der Waals surface area contributed by atoms with E-state index in [4.69, 9.17) is 9.47 Å². The van der Waals surface area contributed by atoms with E-state index in [1.165, 1.54) is 9.80 Å². The number of rotatable bonds is 8. The monoisotopic (exact) mass is 568 g/mol. The number of ketones is 1. The molecule has 8 nitrogen and oxygen atoms in total. The summed E-state index contributed by atoms with van der Waals surface area (Å²) in [5.74, 6) is 1.09. The topological polar surface area (TPSA) is 96.4 Å². The summed E-state index contributed by atoms with van der Waals surface area (Å²) in [6.07, 6.45) is -0.747. The van der Waals surface area contributed by atoms with Crippen LogP contribution >= 0.6 is 0 Å². The fourth-order valence-corrected chi connectivity index (χ4v) is 4.02. The molecule has 4 aromatic carbocycles. The van der Waals surface area contributed by atoms with Gasteiger partial charge in [0.25, 0.3) is 11.8 Å². The first-order valence-electron chi connectivity index (χ1n) is 13.2. The van der Waals surface area contributed by atoms with Crippen molar-refractivity contribution in [2.45, 2.75) is 6.10 Å². The number of carbonyl (C=O) groups is 3. The summed E-state index contributed by atoms with van der Waals surface area (Å²) in [7, 11) is 9.95. The molecule has 1 atom stereocenters. The minimum atomic E-state index is -0.747. The Kier molecular flexibility index (Phi) is 11.0. The molecule has 0 aliphatic heterocycles. The van der Waals surface area contributed by atoms with Crippen molar-refractivity contribution in [3.8, 4) is 11.5 Å². The van der Waals surface area contributed by atoms with Crippen molar-refractivity contribution in [2.75, 3.05) is 42.4 Å². The smallest absolute Gasteiger partial charge is 0.253 e. The van der Waals surface area contributed by atoms with E-state index in [0.29, 0.717) is 33.8 Å². The molecular weight excluding hydrogens is 532 g/mol. The van der Waals surface area contributed by atoms with Gasteiger partial charge in [-0.3, -0.25) is 14.4 Å². The van der Waals surface area contributed by atoms with Gasteiger partial charge in [0, 0.05) is 50.4 Å². The highest BCUT2D eigenvalue weighted by Crippen LogP contribution is 2.25. The first kappa shape index (κ1) is 31.6. The Balaban J connectivity index is 0.000000230. The van der Waals surface area contributed by atoms with E-state index in [9.17, 15) is 19.5 Å². The molecular formula is C34H36N2O6. The van der Waals surface area contributed by atoms with Gasteiger partial charge >= 0.3 is 0 Å². The van der Waals surface area contributed by atoms with Gasteiger partial charge in [0.1, 0.15) is 17.6 Å². The van der Waals surface area contributed by atoms with Crippen LogP contribution in [0.15, 0.2) is 97.1 Å². The van der Waals surface area contributed by atoms with Crippen molar-refractivity contribution < 1.29 is 29.0 Å². The zero-order valence-electron chi connectivity index (χ0n) is 24.7. The van der Waals surface area contributed by atoms with E-state index in [0.717, 1.165) is 11.1 Å². The van der Waals surface area contributed by atoms with E-state index < -0.39 is 6.10 Å². The molecule has 0 saturated heterocycles. The molecule has 0 aliphatic rings. The van der Waals surface area contributed by atoms with Crippen LogP contribution in [0.4, 0.5) is 0 Å². The minimum Gasteiger partial charge on any atom is -0.497 e. The summed E-state index contributed by atoms with van der Waals surface area (Å²) in [6, 6.07) is 27.9. The highest BCUT2D eigenvalue weighted by atomic mass is 16.5. The van der Waals surface area contributed by atoms with E-state index >= 15 is 0 Å². The lowest BCUT2D eigenvalue weighted by molar-refractivity contribution is 0.0820. The Morgan fingerprint density at radius 3 is 1.52 bits per heavy atom. The molecule has 1 unspecified atom stereocenters. The summed E-state index contributed by atoms with van der Waals surface area (Å²) in [4.78, 5) is 39.0. The van der Waals surface area contributed by atoms with Gasteiger partial charge in [-0.05, 0) is 59.7 Å². The SMILES string of the molecule is COc1cccc(C(=O)c2ccc(C(=O)N(C)C)cc2)c1.COc1cccc(C(O)c2ccc(C(=O)N(C)C)cc2)c1. The Hall–Kier alpha value is -4.95. The number of hydrogen-bond acceptors (Lipinski definition) is 6. The predicted octanol–water partition coefficient (Wildman–Crippen LogP) is 5.11. The van der Waals surface area contributed by atoms with Crippen LogP contribution in [0.5, 0.6) is 11.5 Å². The zero-order valence-corrected chi connectivity index (χ0v) is 24.7. The highest BCUT2D eigenvalue weighted by molar-refractivity contribution is 6.09. The summed E-state index contributed by atoms with van der Waals surface area (Å²) < 4.78 is 10.3. The molecule has 0 aliphatic carbocycles. The van der Waals surface area contributed by atoms with Gasteiger partial charge in [-0.1, -0.05) is 48.5 Å². The molecule has 0 bridgehead atoms. The van der Waals surface area contributed by atoms with Crippen molar-refractivity contribution in [1.29, 1.82) is 0 Å². The van der Waals surface area contributed by atoms with Crippen LogP contribution in [0, 0.1) is 0 Å². The van der Waals surface area contributed by atoms with Gasteiger partial charge < -0.3 is 24.4 Å². The normalized spacial score (nSPS) is 10.9. The number of hydrogen-bond donors (Lipinski definition) is 1. The summed E-state index contributed by atoms with van der Waals surface area (Å²) in [6.45, 7) is 0. The molecule has 0 saturated carbocycles. The second-order valence-corrected chi connectivity index (χ2v) is 9.84. The maximum Gasteiger partial charge on any atom is 0.253 e. The van der Waals surface area contributed by atoms with Crippen LogP contribution in [0.1, 0.15) is 53.9 Å². The van der Waals surface area contributed by atoms with E-state index in [1.807, 2.05) is 18.2 Å². The van der Waals surface area contributed by atoms with E-state index in [-0.39, 0.29) is 17.6 Å². The van der Waals surface area contributed by atoms with Crippen LogP contribution in [0.25, 0.3) is 0 Å². The van der Waals surface area contributed by atoms with E-state index in [1.54, 1.807) is 121 Å². The fraction of sp³-hybridized carbons (Fsp3) is 0.206. The number of carbonyl (C=O) groups excluding carboxylic acids is 3. The van der Waals surface area contributed by atoms with Gasteiger partial charge in [-0.2, -0.15) is 0 Å². The molecule has 0 heterocycles. The second-order valence-electron chi connectivity index (χ2n) is 9.84. The van der Waals surface area contributed by atoms with Crippen LogP contribution < -0.4 is 9.47 Å². The van der Waals surface area contributed by atoms with Gasteiger partial charge in [0.2, 0.25) is 0 Å². The quantitative estimate of drug-likeness (QED) is 0.297. The number of nitrogens with zero attached hydrogens (tertiary/aromatic N) is 2. The number of benzene rings is 4. The minimum absolute atomic E-state index is 0.0579. The van der Waals surface area contributed by atoms with Crippen molar-refractivity contribution in [2.24, 2.45) is 0 Å². The molecule has 1 N–H and O–H groups in total. The lowest BCUT2D eigenvalue weighted by Crippen LogP contribution is -2.21. The lowest BCUT2D eigenvalue weighted by Gasteiger charge is -2.14. The molecule has 218 valence electrons. The van der Waals surface area contributed by atoms with Gasteiger partial charge in [-0.15, -0.1) is 0 Å². The van der Waals surface area contributed by atoms with Crippen LogP contribution in [-0.4, -0.2) is 74.9 Å². The number of aliphatic hydroxyl groups is 1. The van der Waals surface area contributed by atoms with Crippen LogP contribution in [0.3, 0.4) is 0 Å². The Morgan fingerprint density at radius 2 is 1.02 bits per heavy atom. The van der Waals surface area contributed by atoms with Crippen molar-refractivity contribution in [3.05, 3.63) is 130 Å². The third kappa shape index (κ3) is 8.05. The van der Waals surface area contributed by atoms with Crippen molar-refractivity contribution in [1.82, 2.24) is 9.80 Å². The van der Waals surface area contributed by atoms with Gasteiger partial charge in [0.15, 0.2) is 5.78 Å². The second kappa shape index (κ2) is 14.6. The maximum atomic E-state index is 12.4. The van der Waals surface area contributed by atoms with Gasteiger partial charge in [-0.25, -0.2) is 0 Å². The highest BCUT2D eigenvalue weighted by Gasteiger charge is 2.14. The molecule has 4 rings (SSSR count). The van der Waals surface area contributed by atoms with E-state index in [2.05, 4.69) is 0 Å². The molecule has 42 heavy (non-hydrogen) atoms. The van der Waals surface area contributed by atoms with Gasteiger partial charge in [0.05, 0.1) is 14.2 Å². The standard InChI is InChI=1S/C17H19NO3.C17H17NO3/c2*1-18(2)17(20)13-9-7-12(8-10-13)16(19)14-5-4-6-15(11-14)21-3/h4-11,16,19H,1-3H3;4-11H,1-3H3. The Morgan fingerprint density at radius 1 is 0.571 bits per heavy atom. The molecule has 0 fully saturated rings. The first-order valence-corrected chi connectivity index (χ1v) is 13.2. The van der Waals surface area contributed by atoms with Crippen molar-refractivity contribution >= 4 is 17.6 Å². The average Bonchev–Trinajstić information content (AvgIpc) is 3.03. The fourth-order valence-electron chi connectivity index (χ4n) is 4.02. The largest absolute Gasteiger partial charge is 0.497 e. The van der Waals surface area contributed by atoms with Crippen molar-refractivity contribution in [3.63, 3.8) is 0 Å². The molecule has 2 amide bonds. The van der Waals surface area contributed by atoms with Crippen LogP contribution in [0.2, 0.25) is 0 Å². The number of ether oxygens (including phenoxy) is 2. The molecule has 0 aromatic heterocycles. The molecule has 4 aromatic rings. The first-order chi connectivity index (χ1) is 20.0. The number of aliphatic hydroxyl groups excluding tert-OH is 1. The molecule has 0 spiro atoms. The Labute approximate surface area is 246 Å². The third-order valence-electron chi connectivity index (χ3n) is 6.42. The maximum absolute atomic E-state index is 12.4. The summed E-state index contributed by atoms with van der Waals surface area (Å²) in [5.41, 5.74) is 3.74. The average molecular weight is 569 g/mol. The summed E-state index contributed by atoms with van der Waals surface area (Å²) >= 11 is 0. The summed E-state index contributed by atoms with van der Waals surface area (Å²) in [5, 5.41) is 10.4. The molecule has 0 radical (unpaired) electrons. The molecule has 8 heteroatoms. The van der Waals surface area contributed by atoms with Crippen LogP contribution in [-0.2, 0) is 0 Å². The number of amides is 2. The number of methoxy groups -OCH3 is 2. The lowest BCUT2D eigenvalue weighted by atomic mass is 10.00. The third-order valence-corrected chi connectivity index (χ3v) is 6.42. The predicted molar refractivity (Wildman–Crippen MR) is 162 cm³/mol. The zero-order chi connectivity index (χ0) is 30.8. The Bertz CT molecular complexity index is 1510.